The van der Waals surface area contributed by atoms with Gasteiger partial charge in [-0.3, -0.25) is 0 Å². The predicted molar refractivity (Wildman–Crippen MR) is 50.9 cm³/mol. The van der Waals surface area contributed by atoms with Crippen LogP contribution in [0.15, 0.2) is 37.7 Å². The molecular formula is C8H12N2Si. The average molecular weight is 164 g/mol. The molecule has 3 heteroatoms. The molecule has 58 valence electrons. The first-order valence-corrected chi connectivity index (χ1v) is 5.12. The first-order valence-electron chi connectivity index (χ1n) is 3.60. The largest absolute Gasteiger partial charge is 0.353 e. The molecule has 0 spiro atoms. The van der Waals surface area contributed by atoms with E-state index in [1.54, 1.807) is 6.20 Å². The van der Waals surface area contributed by atoms with Gasteiger partial charge in [0.2, 0.25) is 0 Å². The number of aromatic amines is 1. The zero-order chi connectivity index (χ0) is 8.10. The summed E-state index contributed by atoms with van der Waals surface area (Å²) in [5.74, 6) is 0. The lowest BCUT2D eigenvalue weighted by Crippen LogP contribution is -2.21. The van der Waals surface area contributed by atoms with Gasteiger partial charge in [-0.1, -0.05) is 12.2 Å². The standard InChI is InChI=1S/C8H12N2Si/c1-3-7(4-2)11-8-9-5-6-10-8/h3-7H,1-2,11H2,(H,9,10). The molecule has 0 saturated heterocycles. The van der Waals surface area contributed by atoms with E-state index in [0.717, 1.165) is 5.45 Å². The molecule has 0 aromatic carbocycles. The lowest BCUT2D eigenvalue weighted by Gasteiger charge is -2.01. The summed E-state index contributed by atoms with van der Waals surface area (Å²) in [6.45, 7) is 7.47. The van der Waals surface area contributed by atoms with Crippen LogP contribution in [0.25, 0.3) is 0 Å². The third-order valence-electron chi connectivity index (χ3n) is 1.59. The molecule has 0 saturated carbocycles. The summed E-state index contributed by atoms with van der Waals surface area (Å²) in [4.78, 5) is 7.25. The normalized spacial score (nSPS) is 11.0. The van der Waals surface area contributed by atoms with Crippen LogP contribution in [0.4, 0.5) is 0 Å². The smallest absolute Gasteiger partial charge is 0.111 e. The molecule has 1 heterocycles. The SMILES string of the molecule is C=CC(C=C)[SiH2]c1ncc[nH]1. The van der Waals surface area contributed by atoms with E-state index in [1.807, 2.05) is 18.3 Å². The fourth-order valence-corrected chi connectivity index (χ4v) is 2.12. The monoisotopic (exact) mass is 164 g/mol. The Morgan fingerprint density at radius 3 is 2.73 bits per heavy atom. The van der Waals surface area contributed by atoms with Crippen molar-refractivity contribution in [2.75, 3.05) is 0 Å². The highest BCUT2D eigenvalue weighted by Crippen LogP contribution is 2.02. The summed E-state index contributed by atoms with van der Waals surface area (Å²) < 4.78 is 0. The molecule has 0 fully saturated rings. The van der Waals surface area contributed by atoms with Crippen molar-refractivity contribution in [3.8, 4) is 0 Å². The van der Waals surface area contributed by atoms with E-state index in [0.29, 0.717) is 5.54 Å². The van der Waals surface area contributed by atoms with Gasteiger partial charge in [-0.15, -0.1) is 13.2 Å². The van der Waals surface area contributed by atoms with Gasteiger partial charge in [0, 0.05) is 12.4 Å². The van der Waals surface area contributed by atoms with Crippen molar-refractivity contribution in [2.24, 2.45) is 0 Å². The topological polar surface area (TPSA) is 28.7 Å². The van der Waals surface area contributed by atoms with E-state index < -0.39 is 0 Å². The third kappa shape index (κ3) is 2.20. The first-order chi connectivity index (χ1) is 5.36. The Morgan fingerprint density at radius 1 is 1.55 bits per heavy atom. The number of H-pyrrole nitrogens is 1. The number of hydrogen-bond donors (Lipinski definition) is 1. The van der Waals surface area contributed by atoms with Crippen LogP contribution >= 0.6 is 0 Å². The van der Waals surface area contributed by atoms with E-state index in [1.165, 1.54) is 0 Å². The van der Waals surface area contributed by atoms with Gasteiger partial charge in [-0.2, -0.15) is 0 Å². The molecule has 0 aliphatic heterocycles. The van der Waals surface area contributed by atoms with Crippen LogP contribution < -0.4 is 5.45 Å². The maximum absolute atomic E-state index is 4.16. The van der Waals surface area contributed by atoms with Gasteiger partial charge in [0.25, 0.3) is 0 Å². The van der Waals surface area contributed by atoms with Crippen molar-refractivity contribution in [1.82, 2.24) is 9.97 Å². The lowest BCUT2D eigenvalue weighted by molar-refractivity contribution is 1.33. The molecule has 1 rings (SSSR count). The van der Waals surface area contributed by atoms with Crippen LogP contribution in [0, 0.1) is 0 Å². The minimum atomic E-state index is -0.358. The zero-order valence-corrected chi connectivity index (χ0v) is 7.87. The molecule has 0 bridgehead atoms. The summed E-state index contributed by atoms with van der Waals surface area (Å²) in [7, 11) is -0.358. The van der Waals surface area contributed by atoms with Crippen molar-refractivity contribution >= 4 is 15.0 Å². The Hall–Kier alpha value is -1.09. The van der Waals surface area contributed by atoms with Gasteiger partial charge in [0.1, 0.15) is 9.52 Å². The second kappa shape index (κ2) is 3.93. The van der Waals surface area contributed by atoms with E-state index in [4.69, 9.17) is 0 Å². The molecule has 1 aromatic heterocycles. The molecule has 0 unspecified atom stereocenters. The Bertz CT molecular complexity index is 220. The predicted octanol–water partition coefficient (Wildman–Crippen LogP) is 0.364. The highest BCUT2D eigenvalue weighted by molar-refractivity contribution is 6.54. The summed E-state index contributed by atoms with van der Waals surface area (Å²) in [6, 6.07) is 0. The van der Waals surface area contributed by atoms with Gasteiger partial charge in [0.15, 0.2) is 0 Å². The van der Waals surface area contributed by atoms with Gasteiger partial charge in [-0.25, -0.2) is 4.98 Å². The number of aromatic nitrogens is 2. The maximum Gasteiger partial charge on any atom is 0.111 e. The second-order valence-electron chi connectivity index (χ2n) is 2.38. The van der Waals surface area contributed by atoms with Gasteiger partial charge < -0.3 is 4.98 Å². The summed E-state index contributed by atoms with van der Waals surface area (Å²) in [5, 5.41) is 0. The molecule has 1 aromatic rings. The molecule has 0 amide bonds. The Balaban J connectivity index is 2.54. The van der Waals surface area contributed by atoms with E-state index in [-0.39, 0.29) is 9.52 Å². The Labute approximate surface area is 68.9 Å². The minimum Gasteiger partial charge on any atom is -0.353 e. The Morgan fingerprint density at radius 2 is 2.27 bits per heavy atom. The van der Waals surface area contributed by atoms with Crippen molar-refractivity contribution in [3.63, 3.8) is 0 Å². The molecule has 0 aliphatic carbocycles. The van der Waals surface area contributed by atoms with E-state index in [9.17, 15) is 0 Å². The van der Waals surface area contributed by atoms with Crippen LogP contribution in [-0.2, 0) is 0 Å². The quantitative estimate of drug-likeness (QED) is 0.505. The van der Waals surface area contributed by atoms with E-state index >= 15 is 0 Å². The van der Waals surface area contributed by atoms with Crippen LogP contribution in [0.5, 0.6) is 0 Å². The highest BCUT2D eigenvalue weighted by Gasteiger charge is 2.02. The molecule has 1 N–H and O–H groups in total. The van der Waals surface area contributed by atoms with Crippen molar-refractivity contribution in [1.29, 1.82) is 0 Å². The fourth-order valence-electron chi connectivity index (χ4n) is 0.896. The number of allylic oxidation sites excluding steroid dienone is 2. The first kappa shape index (κ1) is 8.01. The number of imidazole rings is 1. The molecule has 0 aliphatic rings. The zero-order valence-electron chi connectivity index (χ0n) is 6.46. The van der Waals surface area contributed by atoms with Crippen LogP contribution in [0.2, 0.25) is 5.54 Å². The number of rotatable bonds is 4. The second-order valence-corrected chi connectivity index (χ2v) is 4.40. The van der Waals surface area contributed by atoms with Gasteiger partial charge in [-0.05, 0) is 5.54 Å². The molecule has 0 atom stereocenters. The molecule has 11 heavy (non-hydrogen) atoms. The third-order valence-corrected chi connectivity index (χ3v) is 3.50. The van der Waals surface area contributed by atoms with Gasteiger partial charge in [0.05, 0.1) is 5.45 Å². The molecule has 0 radical (unpaired) electrons. The number of nitrogens with one attached hydrogen (secondary N) is 1. The lowest BCUT2D eigenvalue weighted by atomic mass is 10.4. The van der Waals surface area contributed by atoms with Crippen molar-refractivity contribution in [2.45, 2.75) is 5.54 Å². The van der Waals surface area contributed by atoms with Crippen LogP contribution in [-0.4, -0.2) is 19.5 Å². The molecular weight excluding hydrogens is 152 g/mol. The summed E-state index contributed by atoms with van der Waals surface area (Å²) >= 11 is 0. The fraction of sp³-hybridized carbons (Fsp3) is 0.125. The maximum atomic E-state index is 4.16. The summed E-state index contributed by atoms with van der Waals surface area (Å²) in [5.41, 5.74) is 1.58. The number of hydrogen-bond acceptors (Lipinski definition) is 1. The van der Waals surface area contributed by atoms with Crippen LogP contribution in [0.1, 0.15) is 0 Å². The number of nitrogens with zero attached hydrogens (tertiary/aromatic N) is 1. The minimum absolute atomic E-state index is 0.358. The van der Waals surface area contributed by atoms with Crippen molar-refractivity contribution < 1.29 is 0 Å². The highest BCUT2D eigenvalue weighted by atomic mass is 28.2. The van der Waals surface area contributed by atoms with E-state index in [2.05, 4.69) is 23.1 Å². The van der Waals surface area contributed by atoms with Crippen molar-refractivity contribution in [3.05, 3.63) is 37.7 Å². The Kier molecular flexibility index (Phi) is 2.86. The summed E-state index contributed by atoms with van der Waals surface area (Å²) in [6.07, 6.45) is 7.50. The van der Waals surface area contributed by atoms with Crippen LogP contribution in [0.3, 0.4) is 0 Å². The van der Waals surface area contributed by atoms with Gasteiger partial charge >= 0.3 is 0 Å². The average Bonchev–Trinajstić information content (AvgIpc) is 2.52. The molecule has 2 nitrogen and oxygen atoms in total.